The molecule has 2 aromatic carbocycles. The highest BCUT2D eigenvalue weighted by Gasteiger charge is 1.89. The molecule has 1 heteroatoms. The SMILES string of the molecule is C=C/C=C/C=C/C=C/C.CCC.Cc1ccc(/C=C/c2cccc(N)c2)cc1. The summed E-state index contributed by atoms with van der Waals surface area (Å²) in [5.41, 5.74) is 10.1. The third-order valence-electron chi connectivity index (χ3n) is 3.23. The molecule has 0 radical (unpaired) electrons. The lowest BCUT2D eigenvalue weighted by molar-refractivity contribution is 1.09. The molecule has 0 saturated heterocycles. The highest BCUT2D eigenvalue weighted by Crippen LogP contribution is 2.11. The molecular weight excluding hydrogens is 338 g/mol. The van der Waals surface area contributed by atoms with E-state index in [2.05, 4.69) is 63.8 Å². The minimum atomic E-state index is 0.797. The Labute approximate surface area is 172 Å². The van der Waals surface area contributed by atoms with E-state index >= 15 is 0 Å². The van der Waals surface area contributed by atoms with Crippen LogP contribution in [-0.2, 0) is 0 Å². The van der Waals surface area contributed by atoms with E-state index in [4.69, 9.17) is 5.73 Å². The average molecular weight is 374 g/mol. The minimum absolute atomic E-state index is 0.797. The minimum Gasteiger partial charge on any atom is -0.399 e. The van der Waals surface area contributed by atoms with E-state index in [9.17, 15) is 0 Å². The summed E-state index contributed by atoms with van der Waals surface area (Å²) in [4.78, 5) is 0. The Hall–Kier alpha value is -3.06. The second-order valence-corrected chi connectivity index (χ2v) is 6.15. The van der Waals surface area contributed by atoms with Gasteiger partial charge in [-0.15, -0.1) is 0 Å². The van der Waals surface area contributed by atoms with Crippen LogP contribution in [0, 0.1) is 6.92 Å². The molecule has 2 rings (SSSR count). The highest BCUT2D eigenvalue weighted by atomic mass is 14.5. The van der Waals surface area contributed by atoms with Gasteiger partial charge in [0.15, 0.2) is 0 Å². The number of hydrogen-bond donors (Lipinski definition) is 1. The van der Waals surface area contributed by atoms with Gasteiger partial charge in [0.05, 0.1) is 0 Å². The molecule has 0 atom stereocenters. The molecule has 0 saturated carbocycles. The van der Waals surface area contributed by atoms with E-state index in [1.807, 2.05) is 67.6 Å². The van der Waals surface area contributed by atoms with Gasteiger partial charge in [0, 0.05) is 5.69 Å². The van der Waals surface area contributed by atoms with Crippen molar-refractivity contribution in [2.24, 2.45) is 0 Å². The molecule has 0 aromatic heterocycles. The summed E-state index contributed by atoms with van der Waals surface area (Å²) in [6, 6.07) is 16.3. The van der Waals surface area contributed by atoms with Crippen molar-refractivity contribution >= 4 is 17.8 Å². The van der Waals surface area contributed by atoms with Gasteiger partial charge in [0.1, 0.15) is 0 Å². The van der Waals surface area contributed by atoms with Crippen molar-refractivity contribution in [3.63, 3.8) is 0 Å². The Balaban J connectivity index is 0.000000518. The lowest BCUT2D eigenvalue weighted by Crippen LogP contribution is -1.83. The third-order valence-corrected chi connectivity index (χ3v) is 3.23. The molecule has 148 valence electrons. The second-order valence-electron chi connectivity index (χ2n) is 6.15. The van der Waals surface area contributed by atoms with Crippen LogP contribution in [0.3, 0.4) is 0 Å². The Morgan fingerprint density at radius 1 is 0.821 bits per heavy atom. The van der Waals surface area contributed by atoms with Gasteiger partial charge in [-0.1, -0.05) is 123 Å². The van der Waals surface area contributed by atoms with Gasteiger partial charge in [-0.2, -0.15) is 0 Å². The Kier molecular flexibility index (Phi) is 15.5. The number of aryl methyl sites for hydroxylation is 1. The van der Waals surface area contributed by atoms with Crippen LogP contribution in [0.4, 0.5) is 5.69 Å². The molecule has 1 nitrogen and oxygen atoms in total. The number of allylic oxidation sites excluding steroid dienone is 7. The molecule has 0 amide bonds. The molecule has 0 aliphatic heterocycles. The van der Waals surface area contributed by atoms with Crippen molar-refractivity contribution in [2.75, 3.05) is 5.73 Å². The van der Waals surface area contributed by atoms with Crippen LogP contribution in [0.2, 0.25) is 0 Å². The van der Waals surface area contributed by atoms with Crippen LogP contribution in [0.25, 0.3) is 12.2 Å². The number of rotatable bonds is 5. The van der Waals surface area contributed by atoms with Crippen LogP contribution in [0.1, 0.15) is 43.9 Å². The van der Waals surface area contributed by atoms with Gasteiger partial charge in [0.25, 0.3) is 0 Å². The average Bonchev–Trinajstić information content (AvgIpc) is 2.69. The van der Waals surface area contributed by atoms with E-state index < -0.39 is 0 Å². The quantitative estimate of drug-likeness (QED) is 0.320. The highest BCUT2D eigenvalue weighted by molar-refractivity contribution is 5.71. The van der Waals surface area contributed by atoms with Crippen LogP contribution >= 0.6 is 0 Å². The lowest BCUT2D eigenvalue weighted by Gasteiger charge is -1.97. The molecule has 28 heavy (non-hydrogen) atoms. The number of benzene rings is 2. The summed E-state index contributed by atoms with van der Waals surface area (Å²) < 4.78 is 0. The smallest absolute Gasteiger partial charge is 0.0319 e. The molecule has 0 aliphatic carbocycles. The molecule has 0 unspecified atom stereocenters. The second kappa shape index (κ2) is 17.4. The van der Waals surface area contributed by atoms with Crippen molar-refractivity contribution in [1.29, 1.82) is 0 Å². The van der Waals surface area contributed by atoms with E-state index in [-0.39, 0.29) is 0 Å². The Morgan fingerprint density at radius 3 is 1.96 bits per heavy atom. The summed E-state index contributed by atoms with van der Waals surface area (Å²) in [5, 5.41) is 0. The van der Waals surface area contributed by atoms with Gasteiger partial charge in [0.2, 0.25) is 0 Å². The van der Waals surface area contributed by atoms with Crippen molar-refractivity contribution < 1.29 is 0 Å². The number of nitrogen functional groups attached to an aromatic ring is 1. The molecule has 0 heterocycles. The molecule has 0 aliphatic rings. The van der Waals surface area contributed by atoms with Gasteiger partial charge >= 0.3 is 0 Å². The first-order valence-electron chi connectivity index (χ1n) is 9.74. The van der Waals surface area contributed by atoms with Crippen LogP contribution in [-0.4, -0.2) is 0 Å². The van der Waals surface area contributed by atoms with E-state index in [1.165, 1.54) is 17.5 Å². The van der Waals surface area contributed by atoms with Crippen molar-refractivity contribution in [2.45, 2.75) is 34.1 Å². The maximum atomic E-state index is 5.71. The molecule has 2 aromatic rings. The largest absolute Gasteiger partial charge is 0.399 e. The maximum absolute atomic E-state index is 5.71. The maximum Gasteiger partial charge on any atom is 0.0319 e. The molecule has 0 bridgehead atoms. The molecular formula is C27H35N. The first-order chi connectivity index (χ1) is 13.6. The standard InChI is InChI=1S/C15H15N.C9H12.C3H8/c1-12-5-7-13(8-6-12)9-10-14-3-2-4-15(16)11-14;1-3-5-7-9-8-6-4-2;1-3-2/h2-11H,16H2,1H3;3-9H,1H2,2H3;3H2,1-2H3/b10-9+;6-4+,7-5+,9-8+;. The fraction of sp³-hybridized carbons (Fsp3) is 0.185. The summed E-state index contributed by atoms with van der Waals surface area (Å²) >= 11 is 0. The van der Waals surface area contributed by atoms with Gasteiger partial charge in [-0.25, -0.2) is 0 Å². The van der Waals surface area contributed by atoms with Crippen LogP contribution in [0.5, 0.6) is 0 Å². The number of nitrogens with two attached hydrogens (primary N) is 1. The lowest BCUT2D eigenvalue weighted by atomic mass is 10.1. The summed E-state index contributed by atoms with van der Waals surface area (Å²) in [5.74, 6) is 0. The Morgan fingerprint density at radius 2 is 1.39 bits per heavy atom. The third kappa shape index (κ3) is 14.1. The topological polar surface area (TPSA) is 26.0 Å². The monoisotopic (exact) mass is 373 g/mol. The number of hydrogen-bond acceptors (Lipinski definition) is 1. The van der Waals surface area contributed by atoms with E-state index in [1.54, 1.807) is 6.08 Å². The van der Waals surface area contributed by atoms with Crippen molar-refractivity contribution in [3.8, 4) is 0 Å². The first-order valence-corrected chi connectivity index (χ1v) is 9.74. The zero-order valence-electron chi connectivity index (χ0n) is 17.8. The van der Waals surface area contributed by atoms with Gasteiger partial charge in [-0.3, -0.25) is 0 Å². The fourth-order valence-corrected chi connectivity index (χ4v) is 1.91. The van der Waals surface area contributed by atoms with E-state index in [0.717, 1.165) is 11.3 Å². The summed E-state index contributed by atoms with van der Waals surface area (Å²) in [6.45, 7) is 11.9. The summed E-state index contributed by atoms with van der Waals surface area (Å²) in [6.07, 6.45) is 18.9. The first kappa shape index (κ1) is 24.9. The van der Waals surface area contributed by atoms with Crippen LogP contribution < -0.4 is 5.73 Å². The van der Waals surface area contributed by atoms with E-state index in [0.29, 0.717) is 0 Å². The van der Waals surface area contributed by atoms with Crippen LogP contribution in [0.15, 0.2) is 97.6 Å². The Bertz CT molecular complexity index is 759. The molecule has 2 N–H and O–H groups in total. The predicted octanol–water partition coefficient (Wildman–Crippen LogP) is 8.02. The zero-order valence-corrected chi connectivity index (χ0v) is 17.8. The molecule has 0 spiro atoms. The van der Waals surface area contributed by atoms with Gasteiger partial charge in [-0.05, 0) is 37.1 Å². The summed E-state index contributed by atoms with van der Waals surface area (Å²) in [7, 11) is 0. The van der Waals surface area contributed by atoms with Gasteiger partial charge < -0.3 is 5.73 Å². The number of anilines is 1. The normalized spacial score (nSPS) is 10.7. The molecule has 0 fully saturated rings. The van der Waals surface area contributed by atoms with Crippen molar-refractivity contribution in [1.82, 2.24) is 0 Å². The van der Waals surface area contributed by atoms with Crippen molar-refractivity contribution in [3.05, 3.63) is 114 Å². The zero-order chi connectivity index (χ0) is 21.0. The fourth-order valence-electron chi connectivity index (χ4n) is 1.91. The predicted molar refractivity (Wildman–Crippen MR) is 130 cm³/mol.